The van der Waals surface area contributed by atoms with E-state index in [0.717, 1.165) is 155 Å². The Hall–Kier alpha value is -14.0. The highest BCUT2D eigenvalue weighted by molar-refractivity contribution is 5.74. The molecule has 0 atom stereocenters. The number of pyridine rings is 5. The molecule has 127 heavy (non-hydrogen) atoms. The van der Waals surface area contributed by atoms with E-state index >= 15 is 0 Å². The molecule has 0 aliphatic heterocycles. The Morgan fingerprint density at radius 2 is 0.472 bits per heavy atom. The van der Waals surface area contributed by atoms with Crippen molar-refractivity contribution in [2.45, 2.75) is 205 Å². The number of hydrogen-bond acceptors (Lipinski definition) is 21. The third kappa shape index (κ3) is 27.0. The minimum Gasteiger partial charge on any atom is -0.261 e. The standard InChI is InChI=1S/C32H40N6.C27H29N5.C26H26N4.C21H18N6/c1-4-5-6-7-8-9-10-11-12-13-14-26-15-17-27(18-16-26)30-37-28(31-33-20-24(2)21-34-31)19-29(38-30)32-35-22-25(3)23-36-32;1-4-5-6-7-8-21-11-14-24(30-18-21)27-31-25(22-12-9-19(2)16-28-22)15-26(32-27)23-13-10-20(3)17-29-23;1-4-5-6-20-9-13-21(14-10-20)26-29-24(22-11-7-18(2)27-16-22)15-25(30-26)23-12-8-19(3)28-17-23;1-13-4-6-16(7-5-13)21-26-19(17-9-22-14(2)23-10-17)8-20(27-21)18-11-24-15(3)25-12-18/h15-23H,4-14H2,1-3H3;9-18H,4-8H2,1-3H3;7-17H,4-6H2,1-3H3;4-12H,1-3H3. The van der Waals surface area contributed by atoms with Crippen LogP contribution in [0.2, 0.25) is 0 Å². The van der Waals surface area contributed by atoms with Crippen LogP contribution in [0, 0.1) is 62.3 Å². The number of rotatable bonds is 31. The first-order valence-electron chi connectivity index (χ1n) is 44.6. The maximum absolute atomic E-state index is 4.87. The van der Waals surface area contributed by atoms with Crippen LogP contribution in [0.5, 0.6) is 0 Å². The third-order valence-electron chi connectivity index (χ3n) is 21.6. The molecule has 21 heteroatoms. The van der Waals surface area contributed by atoms with Gasteiger partial charge in [0.25, 0.3) is 0 Å². The molecule has 642 valence electrons. The Labute approximate surface area is 747 Å². The van der Waals surface area contributed by atoms with E-state index in [4.69, 9.17) is 39.9 Å². The average Bonchev–Trinajstić information content (AvgIpc) is 0.812. The molecule has 0 fully saturated rings. The molecule has 0 aliphatic rings. The highest BCUT2D eigenvalue weighted by Crippen LogP contribution is 2.33. The van der Waals surface area contributed by atoms with Crippen LogP contribution in [0.3, 0.4) is 0 Å². The van der Waals surface area contributed by atoms with Gasteiger partial charge in [0.15, 0.2) is 34.9 Å². The van der Waals surface area contributed by atoms with Gasteiger partial charge in [0.05, 0.1) is 45.6 Å². The number of nitrogens with zero attached hydrogens (tertiary/aromatic N) is 21. The van der Waals surface area contributed by atoms with Gasteiger partial charge in [-0.1, -0.05) is 201 Å². The summed E-state index contributed by atoms with van der Waals surface area (Å²) in [5, 5.41) is 0. The van der Waals surface area contributed by atoms with E-state index in [9.17, 15) is 0 Å². The van der Waals surface area contributed by atoms with E-state index in [1.54, 1.807) is 49.6 Å². The number of aromatic nitrogens is 21. The van der Waals surface area contributed by atoms with Crippen LogP contribution in [0.25, 0.3) is 137 Å². The number of aryl methyl sites for hydroxylation is 12. The predicted octanol–water partition coefficient (Wildman–Crippen LogP) is 24.7. The van der Waals surface area contributed by atoms with Crippen LogP contribution in [-0.2, 0) is 19.3 Å². The molecule has 0 unspecified atom stereocenters. The molecular weight excluding hydrogens is 1570 g/mol. The highest BCUT2D eigenvalue weighted by atomic mass is 15.0. The Kier molecular flexibility index (Phi) is 33.0. The molecule has 13 heterocycles. The lowest BCUT2D eigenvalue weighted by molar-refractivity contribution is 0.556. The summed E-state index contributed by atoms with van der Waals surface area (Å²) in [6.07, 6.45) is 47.9. The van der Waals surface area contributed by atoms with E-state index in [1.165, 1.54) is 125 Å². The van der Waals surface area contributed by atoms with E-state index in [0.29, 0.717) is 46.3 Å². The molecule has 0 saturated heterocycles. The quantitative estimate of drug-likeness (QED) is 0.0365. The lowest BCUT2D eigenvalue weighted by atomic mass is 10.0. The number of hydrogen-bond donors (Lipinski definition) is 0. The van der Waals surface area contributed by atoms with Gasteiger partial charge in [-0.05, 0) is 207 Å². The molecule has 3 aromatic carbocycles. The largest absolute Gasteiger partial charge is 0.261 e. The van der Waals surface area contributed by atoms with Gasteiger partial charge in [-0.15, -0.1) is 0 Å². The molecule has 0 aliphatic carbocycles. The van der Waals surface area contributed by atoms with Gasteiger partial charge in [0.1, 0.15) is 28.7 Å². The van der Waals surface area contributed by atoms with Crippen molar-refractivity contribution in [1.29, 1.82) is 0 Å². The SMILES string of the molecule is CCCCCCCCCCCCc1ccc(-c2nc(-c3ncc(C)cn3)cc(-c3ncc(C)cn3)n2)cc1.CCCCCCc1ccc(-c2nc(-c3ccc(C)cn3)cc(-c3ccc(C)cn3)n2)nc1.CCCCc1ccc(-c2nc(-c3ccc(C)nc3)cc(-c3ccc(C)nc3)n2)cc1.Cc1ccc(-c2nc(-c3cnc(C)nc3)cc(-c3cnc(C)nc3)n2)cc1. The highest BCUT2D eigenvalue weighted by Gasteiger charge is 2.19. The van der Waals surface area contributed by atoms with Gasteiger partial charge in [0, 0.05) is 131 Å². The first kappa shape index (κ1) is 90.8. The van der Waals surface area contributed by atoms with Gasteiger partial charge in [-0.3, -0.25) is 24.9 Å². The van der Waals surface area contributed by atoms with E-state index in [1.807, 2.05) is 165 Å². The maximum Gasteiger partial charge on any atom is 0.179 e. The predicted molar refractivity (Wildman–Crippen MR) is 509 cm³/mol. The summed E-state index contributed by atoms with van der Waals surface area (Å²) in [6.45, 7) is 24.5. The van der Waals surface area contributed by atoms with Crippen molar-refractivity contribution >= 4 is 0 Å². The van der Waals surface area contributed by atoms with Gasteiger partial charge >= 0.3 is 0 Å². The van der Waals surface area contributed by atoms with Crippen LogP contribution >= 0.6 is 0 Å². The zero-order valence-electron chi connectivity index (χ0n) is 75.3. The van der Waals surface area contributed by atoms with Crippen molar-refractivity contribution in [1.82, 2.24) is 105 Å². The van der Waals surface area contributed by atoms with Crippen molar-refractivity contribution in [3.8, 4) is 137 Å². The molecule has 13 aromatic heterocycles. The second kappa shape index (κ2) is 46.1. The minimum absolute atomic E-state index is 0.560. The fourth-order valence-electron chi connectivity index (χ4n) is 14.0. The first-order chi connectivity index (χ1) is 61.9. The molecule has 21 nitrogen and oxygen atoms in total. The summed E-state index contributed by atoms with van der Waals surface area (Å²) in [6, 6.07) is 53.4. The van der Waals surface area contributed by atoms with Crippen LogP contribution in [0.15, 0.2) is 238 Å². The second-order valence-corrected chi connectivity index (χ2v) is 32.5. The molecule has 0 spiro atoms. The van der Waals surface area contributed by atoms with E-state index in [2.05, 4.69) is 171 Å². The van der Waals surface area contributed by atoms with Crippen molar-refractivity contribution < 1.29 is 0 Å². The second-order valence-electron chi connectivity index (χ2n) is 32.5. The van der Waals surface area contributed by atoms with Gasteiger partial charge in [-0.25, -0.2) is 79.7 Å². The van der Waals surface area contributed by atoms with Crippen molar-refractivity contribution in [2.75, 3.05) is 0 Å². The molecule has 0 amide bonds. The lowest BCUT2D eigenvalue weighted by Gasteiger charge is -2.10. The average molecular weight is 1680 g/mol. The van der Waals surface area contributed by atoms with Crippen LogP contribution < -0.4 is 0 Å². The van der Waals surface area contributed by atoms with E-state index in [-0.39, 0.29) is 0 Å². The molecule has 16 aromatic rings. The zero-order chi connectivity index (χ0) is 88.6. The Morgan fingerprint density at radius 1 is 0.173 bits per heavy atom. The summed E-state index contributed by atoms with van der Waals surface area (Å²) < 4.78 is 0. The number of unbranched alkanes of at least 4 members (excludes halogenated alkanes) is 13. The normalized spacial score (nSPS) is 11.0. The zero-order valence-corrected chi connectivity index (χ0v) is 75.3. The maximum atomic E-state index is 4.87. The third-order valence-corrected chi connectivity index (χ3v) is 21.6. The summed E-state index contributed by atoms with van der Waals surface area (Å²) in [7, 11) is 0. The monoisotopic (exact) mass is 1680 g/mol. The Morgan fingerprint density at radius 3 is 0.858 bits per heavy atom. The smallest absolute Gasteiger partial charge is 0.179 e. The Balaban J connectivity index is 0.000000146. The van der Waals surface area contributed by atoms with Gasteiger partial charge < -0.3 is 0 Å². The first-order valence-corrected chi connectivity index (χ1v) is 44.6. The fourth-order valence-corrected chi connectivity index (χ4v) is 14.0. The fraction of sp³-hybridized carbons (Fsp3) is 0.292. The molecular formula is C106H113N21. The summed E-state index contributed by atoms with van der Waals surface area (Å²) in [5.41, 5.74) is 26.3. The van der Waals surface area contributed by atoms with Crippen LogP contribution in [0.1, 0.15) is 191 Å². The van der Waals surface area contributed by atoms with Crippen molar-refractivity contribution in [2.24, 2.45) is 0 Å². The molecule has 0 radical (unpaired) electrons. The van der Waals surface area contributed by atoms with E-state index < -0.39 is 0 Å². The molecule has 16 rings (SSSR count). The van der Waals surface area contributed by atoms with Gasteiger partial charge in [0.2, 0.25) is 0 Å². The molecule has 0 bridgehead atoms. The van der Waals surface area contributed by atoms with Crippen molar-refractivity contribution in [3.05, 3.63) is 306 Å². The Bertz CT molecular complexity index is 5760. The molecule has 0 saturated carbocycles. The number of benzene rings is 3. The summed E-state index contributed by atoms with van der Waals surface area (Å²) >= 11 is 0. The lowest BCUT2D eigenvalue weighted by Crippen LogP contribution is -2.00. The summed E-state index contributed by atoms with van der Waals surface area (Å²) in [4.78, 5) is 96.2. The molecule has 0 N–H and O–H groups in total. The summed E-state index contributed by atoms with van der Waals surface area (Å²) in [5.74, 6) is 5.12. The van der Waals surface area contributed by atoms with Gasteiger partial charge in [-0.2, -0.15) is 0 Å². The minimum atomic E-state index is 0.560. The topological polar surface area (TPSA) is 271 Å². The van der Waals surface area contributed by atoms with Crippen molar-refractivity contribution in [3.63, 3.8) is 0 Å². The van der Waals surface area contributed by atoms with Crippen LogP contribution in [0.4, 0.5) is 0 Å². The van der Waals surface area contributed by atoms with Crippen LogP contribution in [-0.4, -0.2) is 105 Å².